The molecule has 0 amide bonds. The van der Waals surface area contributed by atoms with E-state index in [1.807, 2.05) is 0 Å². The van der Waals surface area contributed by atoms with Crippen molar-refractivity contribution in [3.8, 4) is 0 Å². The van der Waals surface area contributed by atoms with Crippen LogP contribution in [0, 0.1) is 0 Å². The summed E-state index contributed by atoms with van der Waals surface area (Å²) < 4.78 is 46.7. The molecule has 1 atom stereocenters. The van der Waals surface area contributed by atoms with Crippen LogP contribution in [0.2, 0.25) is 5.02 Å². The first-order chi connectivity index (χ1) is 9.49. The zero-order valence-corrected chi connectivity index (χ0v) is 8.43. The minimum Gasteiger partial charge on any atom is -0.315 e. The Balaban J connectivity index is 2.85. The van der Waals surface area contributed by atoms with Crippen LogP contribution in [0.1, 0.15) is 26.5 Å². The quantitative estimate of drug-likeness (QED) is 0.801. The van der Waals surface area contributed by atoms with Crippen molar-refractivity contribution in [1.82, 2.24) is 0 Å². The number of nitrogens with two attached hydrogens (primary N) is 1. The zero-order chi connectivity index (χ0) is 16.2. The highest BCUT2D eigenvalue weighted by Crippen LogP contribution is 2.33. The van der Waals surface area contributed by atoms with Gasteiger partial charge in [0.25, 0.3) is 0 Å². The molecule has 0 bridgehead atoms. The van der Waals surface area contributed by atoms with Gasteiger partial charge in [0.2, 0.25) is 0 Å². The summed E-state index contributed by atoms with van der Waals surface area (Å²) in [6.07, 6.45) is -5.84. The van der Waals surface area contributed by atoms with Crippen molar-refractivity contribution in [3.05, 3.63) is 47.0 Å². The summed E-state index contributed by atoms with van der Waals surface area (Å²) in [7, 11) is 0. The number of halogens is 1. The molecule has 1 aromatic carbocycles. The number of ketones is 1. The summed E-state index contributed by atoms with van der Waals surface area (Å²) >= 11 is 5.97. The molecule has 0 saturated carbocycles. The van der Waals surface area contributed by atoms with Gasteiger partial charge in [0.1, 0.15) is 5.54 Å². The Hall–Kier alpha value is -1.12. The van der Waals surface area contributed by atoms with Gasteiger partial charge >= 0.3 is 0 Å². The molecule has 1 unspecified atom stereocenters. The molecule has 1 aromatic rings. The van der Waals surface area contributed by atoms with E-state index in [9.17, 15) is 4.79 Å². The number of rotatable bonds is 1. The van der Waals surface area contributed by atoms with Crippen LogP contribution in [0.15, 0.2) is 36.4 Å². The molecule has 0 radical (unpaired) electrons. The van der Waals surface area contributed by atoms with Crippen molar-refractivity contribution in [2.24, 2.45) is 5.73 Å². The van der Waals surface area contributed by atoms with Crippen LogP contribution in [0.3, 0.4) is 0 Å². The molecule has 0 aromatic heterocycles. The van der Waals surface area contributed by atoms with Crippen LogP contribution in [0.5, 0.6) is 0 Å². The Labute approximate surface area is 102 Å². The van der Waals surface area contributed by atoms with Crippen molar-refractivity contribution in [2.75, 3.05) is 0 Å². The van der Waals surface area contributed by atoms with Gasteiger partial charge in [-0.2, -0.15) is 0 Å². The van der Waals surface area contributed by atoms with Crippen molar-refractivity contribution in [1.29, 1.82) is 0 Å². The van der Waals surface area contributed by atoms with Crippen LogP contribution >= 0.6 is 11.6 Å². The van der Waals surface area contributed by atoms with Crippen molar-refractivity contribution < 1.29 is 13.0 Å². The molecule has 2 rings (SSSR count). The van der Waals surface area contributed by atoms with Gasteiger partial charge in [-0.15, -0.1) is 0 Å². The van der Waals surface area contributed by atoms with E-state index in [0.717, 1.165) is 0 Å². The summed E-state index contributed by atoms with van der Waals surface area (Å²) in [6.45, 7) is 0. The van der Waals surface area contributed by atoms with Gasteiger partial charge in [0, 0.05) is 10.5 Å². The van der Waals surface area contributed by atoms with E-state index < -0.39 is 36.2 Å². The lowest BCUT2D eigenvalue weighted by molar-refractivity contribution is -0.120. The van der Waals surface area contributed by atoms with E-state index in [0.29, 0.717) is 0 Å². The van der Waals surface area contributed by atoms with Crippen LogP contribution in [-0.4, -0.2) is 5.78 Å². The SMILES string of the molecule is [2H]C1=C([2H])C([2H])([2H])C([2H])([2H])C(N)(c2ccccc2Cl)C1=O. The average molecular weight is 228 g/mol. The summed E-state index contributed by atoms with van der Waals surface area (Å²) in [4.78, 5) is 12.4. The molecule has 1 aliphatic carbocycles. The fourth-order valence-corrected chi connectivity index (χ4v) is 1.63. The van der Waals surface area contributed by atoms with E-state index >= 15 is 0 Å². The molecule has 78 valence electrons. The third kappa shape index (κ3) is 1.71. The molecule has 3 heteroatoms. The van der Waals surface area contributed by atoms with Crippen LogP contribution in [0.4, 0.5) is 0 Å². The van der Waals surface area contributed by atoms with E-state index in [2.05, 4.69) is 0 Å². The lowest BCUT2D eigenvalue weighted by atomic mass is 9.79. The second-order valence-corrected chi connectivity index (χ2v) is 3.52. The molecule has 2 N–H and O–H groups in total. The number of hydrogen-bond acceptors (Lipinski definition) is 2. The molecular formula is C12H12ClNO. The Morgan fingerprint density at radius 3 is 3.00 bits per heavy atom. The van der Waals surface area contributed by atoms with Crippen molar-refractivity contribution in [3.63, 3.8) is 0 Å². The highest BCUT2D eigenvalue weighted by atomic mass is 35.5. The Morgan fingerprint density at radius 2 is 2.27 bits per heavy atom. The Bertz CT molecular complexity index is 659. The minimum atomic E-state index is -2.94. The largest absolute Gasteiger partial charge is 0.315 e. The summed E-state index contributed by atoms with van der Waals surface area (Å²) in [5, 5.41) is -0.00532. The second kappa shape index (κ2) is 3.80. The van der Waals surface area contributed by atoms with E-state index in [1.165, 1.54) is 18.2 Å². The van der Waals surface area contributed by atoms with Gasteiger partial charge in [0.05, 0.1) is 2.74 Å². The molecule has 0 spiro atoms. The Kier molecular flexibility index (Phi) is 1.34. The van der Waals surface area contributed by atoms with Crippen LogP contribution in [0.25, 0.3) is 0 Å². The fourth-order valence-electron chi connectivity index (χ4n) is 1.34. The van der Waals surface area contributed by atoms with Crippen molar-refractivity contribution in [2.45, 2.75) is 18.3 Å². The number of benzene rings is 1. The topological polar surface area (TPSA) is 43.1 Å². The number of hydrogen-bond donors (Lipinski definition) is 1. The van der Waals surface area contributed by atoms with E-state index in [-0.39, 0.29) is 10.6 Å². The maximum absolute atomic E-state index is 12.4. The third-order valence-corrected chi connectivity index (χ3v) is 2.48. The van der Waals surface area contributed by atoms with Gasteiger partial charge in [-0.05, 0) is 30.4 Å². The summed E-state index contributed by atoms with van der Waals surface area (Å²) in [6, 6.07) is 3.78. The molecule has 0 heterocycles. The van der Waals surface area contributed by atoms with Gasteiger partial charge < -0.3 is 5.73 Å². The lowest BCUT2D eigenvalue weighted by Gasteiger charge is -2.30. The molecule has 0 fully saturated rings. The van der Waals surface area contributed by atoms with Gasteiger partial charge in [-0.1, -0.05) is 35.9 Å². The summed E-state index contributed by atoms with van der Waals surface area (Å²) in [5.41, 5.74) is 3.36. The van der Waals surface area contributed by atoms with Crippen LogP contribution in [-0.2, 0) is 10.3 Å². The molecule has 2 nitrogen and oxygen atoms in total. The molecular weight excluding hydrogens is 210 g/mol. The standard InChI is InChI=1S/C12H12ClNO/c13-10-6-2-1-5-9(10)12(14)8-4-3-7-11(12)15/h1-3,5-7H,4,8,14H2/i3D,4D2,7D,8D2. The molecule has 0 aliphatic heterocycles. The summed E-state index contributed by atoms with van der Waals surface area (Å²) in [5.74, 6) is -1.17. The monoisotopic (exact) mass is 227 g/mol. The molecule has 0 saturated heterocycles. The fraction of sp³-hybridized carbons (Fsp3) is 0.250. The van der Waals surface area contributed by atoms with E-state index in [4.69, 9.17) is 25.6 Å². The minimum absolute atomic E-state index is 0.00532. The lowest BCUT2D eigenvalue weighted by Crippen LogP contribution is -2.45. The van der Waals surface area contributed by atoms with Gasteiger partial charge in [-0.25, -0.2) is 0 Å². The zero-order valence-electron chi connectivity index (χ0n) is 13.7. The molecule has 15 heavy (non-hydrogen) atoms. The predicted octanol–water partition coefficient (Wildman–Crippen LogP) is 2.41. The first kappa shape index (κ1) is 5.28. The normalized spacial score (nSPS) is 39.5. The van der Waals surface area contributed by atoms with Crippen molar-refractivity contribution >= 4 is 17.4 Å². The number of allylic oxidation sites excluding steroid dienone is 1. The van der Waals surface area contributed by atoms with Crippen LogP contribution < -0.4 is 5.73 Å². The predicted molar refractivity (Wildman–Crippen MR) is 60.7 cm³/mol. The number of carbonyl (C=O) groups excluding carboxylic acids is 1. The second-order valence-electron chi connectivity index (χ2n) is 3.12. The maximum Gasteiger partial charge on any atom is 0.179 e. The first-order valence-electron chi connectivity index (χ1n) is 7.26. The highest BCUT2D eigenvalue weighted by Gasteiger charge is 2.36. The number of carbonyl (C=O) groups is 1. The molecule has 1 aliphatic rings. The Morgan fingerprint density at radius 1 is 1.53 bits per heavy atom. The van der Waals surface area contributed by atoms with Gasteiger partial charge in [0.15, 0.2) is 5.78 Å². The highest BCUT2D eigenvalue weighted by molar-refractivity contribution is 6.31. The average Bonchev–Trinajstić information content (AvgIpc) is 2.43. The smallest absolute Gasteiger partial charge is 0.179 e. The van der Waals surface area contributed by atoms with Gasteiger partial charge in [-0.3, -0.25) is 4.79 Å². The first-order valence-corrected chi connectivity index (χ1v) is 4.64. The third-order valence-electron chi connectivity index (χ3n) is 2.16. The maximum atomic E-state index is 12.4. The van der Waals surface area contributed by atoms with E-state index in [1.54, 1.807) is 6.07 Å².